The van der Waals surface area contributed by atoms with Gasteiger partial charge in [0, 0.05) is 36.4 Å². The predicted molar refractivity (Wildman–Crippen MR) is 118 cm³/mol. The van der Waals surface area contributed by atoms with Gasteiger partial charge in [-0.15, -0.1) is 0 Å². The van der Waals surface area contributed by atoms with Crippen LogP contribution in [-0.2, 0) is 10.0 Å². The number of nitriles is 1. The molecule has 2 aromatic heterocycles. The van der Waals surface area contributed by atoms with Crippen LogP contribution in [0.25, 0.3) is 22.3 Å². The third kappa shape index (κ3) is 4.27. The third-order valence-corrected chi connectivity index (χ3v) is 7.30. The van der Waals surface area contributed by atoms with Crippen LogP contribution in [0.1, 0.15) is 31.2 Å². The van der Waals surface area contributed by atoms with Crippen molar-refractivity contribution in [1.29, 1.82) is 5.26 Å². The van der Waals surface area contributed by atoms with E-state index in [0.717, 1.165) is 42.3 Å². The lowest BCUT2D eigenvalue weighted by Crippen LogP contribution is -2.49. The van der Waals surface area contributed by atoms with Crippen molar-refractivity contribution < 1.29 is 12.8 Å². The summed E-state index contributed by atoms with van der Waals surface area (Å²) in [4.78, 5) is 7.59. The number of H-pyrrole nitrogens is 1. The molecule has 1 fully saturated rings. The Labute approximate surface area is 181 Å². The lowest BCUT2D eigenvalue weighted by atomic mass is 9.90. The highest BCUT2D eigenvalue weighted by atomic mass is 32.2. The monoisotopic (exact) mass is 441 g/mol. The quantitative estimate of drug-likeness (QED) is 0.626. The maximum absolute atomic E-state index is 13.3. The normalized spacial score (nSPS) is 19.5. The van der Waals surface area contributed by atoms with Crippen molar-refractivity contribution in [2.45, 2.75) is 37.8 Å². The minimum Gasteiger partial charge on any atom is -0.379 e. The van der Waals surface area contributed by atoms with E-state index in [1.807, 2.05) is 6.07 Å². The Morgan fingerprint density at radius 2 is 1.97 bits per heavy atom. The molecule has 0 aliphatic heterocycles. The van der Waals surface area contributed by atoms with Gasteiger partial charge in [-0.1, -0.05) is 12.8 Å². The van der Waals surface area contributed by atoms with Crippen molar-refractivity contribution in [2.24, 2.45) is 0 Å². The van der Waals surface area contributed by atoms with E-state index in [2.05, 4.69) is 21.4 Å². The van der Waals surface area contributed by atoms with E-state index in [-0.39, 0.29) is 17.9 Å². The van der Waals surface area contributed by atoms with Gasteiger partial charge >= 0.3 is 0 Å². The summed E-state index contributed by atoms with van der Waals surface area (Å²) < 4.78 is 39.0. The van der Waals surface area contributed by atoms with E-state index in [4.69, 9.17) is 0 Å². The maximum atomic E-state index is 13.3. The Morgan fingerprint density at radius 3 is 2.65 bits per heavy atom. The van der Waals surface area contributed by atoms with Crippen molar-refractivity contribution in [1.82, 2.24) is 14.3 Å². The van der Waals surface area contributed by atoms with Gasteiger partial charge in [-0.2, -0.15) is 5.26 Å². The van der Waals surface area contributed by atoms with Gasteiger partial charge in [0.2, 0.25) is 10.0 Å². The number of nitrogens with one attached hydrogen (secondary N) is 2. The van der Waals surface area contributed by atoms with Crippen LogP contribution in [0.5, 0.6) is 0 Å². The van der Waals surface area contributed by atoms with Gasteiger partial charge in [0.05, 0.1) is 17.5 Å². The first-order chi connectivity index (χ1) is 14.8. The average molecular weight is 442 g/mol. The first-order valence-corrected chi connectivity index (χ1v) is 12.0. The summed E-state index contributed by atoms with van der Waals surface area (Å²) in [5.41, 5.74) is 3.19. The number of fused-ring (bicyclic) bond motifs is 1. The second kappa shape index (κ2) is 8.29. The van der Waals surface area contributed by atoms with E-state index in [0.29, 0.717) is 16.9 Å². The van der Waals surface area contributed by atoms with E-state index >= 15 is 0 Å². The number of hydrogen-bond donors (Lipinski definition) is 2. The topological polar surface area (TPSA) is 102 Å². The molecule has 0 radical (unpaired) electrons. The van der Waals surface area contributed by atoms with Gasteiger partial charge in [-0.25, -0.2) is 22.1 Å². The van der Waals surface area contributed by atoms with Gasteiger partial charge in [0.25, 0.3) is 0 Å². The smallest absolute Gasteiger partial charge is 0.211 e. The average Bonchev–Trinajstić information content (AvgIpc) is 3.18. The van der Waals surface area contributed by atoms with Gasteiger partial charge in [0.1, 0.15) is 17.5 Å². The van der Waals surface area contributed by atoms with Crippen LogP contribution >= 0.6 is 0 Å². The fourth-order valence-electron chi connectivity index (χ4n) is 4.25. The highest BCUT2D eigenvalue weighted by molar-refractivity contribution is 7.88. The summed E-state index contributed by atoms with van der Waals surface area (Å²) in [5, 5.41) is 13.9. The minimum absolute atomic E-state index is 0.129. The predicted octanol–water partition coefficient (Wildman–Crippen LogP) is 3.86. The van der Waals surface area contributed by atoms with Gasteiger partial charge < -0.3 is 10.3 Å². The lowest BCUT2D eigenvalue weighted by molar-refractivity contribution is 0.265. The molecule has 162 valence electrons. The standard InChI is InChI=1S/C22H24FN5O2S/c1-28(31(2,29)30)20-6-4-3-5-18(20)26-21-15(12-24)13-25-22-17(21)11-19(27-22)14-7-9-16(23)10-8-14/h7-11,13,18,20H,3-6H2,1-2H3,(H2,25,26,27)/t18?,20-/m0/s1. The molecule has 9 heteroatoms. The van der Waals surface area contributed by atoms with Crippen LogP contribution in [0.4, 0.5) is 10.1 Å². The zero-order valence-electron chi connectivity index (χ0n) is 17.4. The van der Waals surface area contributed by atoms with Crippen LogP contribution in [0.3, 0.4) is 0 Å². The molecule has 0 bridgehead atoms. The van der Waals surface area contributed by atoms with Gasteiger partial charge in [-0.3, -0.25) is 0 Å². The van der Waals surface area contributed by atoms with Crippen molar-refractivity contribution in [2.75, 3.05) is 18.6 Å². The Kier molecular flexibility index (Phi) is 5.69. The largest absolute Gasteiger partial charge is 0.379 e. The van der Waals surface area contributed by atoms with Gasteiger partial charge in [0.15, 0.2) is 0 Å². The SMILES string of the molecule is CN([C@H]1CCCCC1Nc1c(C#N)cnc2[nH]c(-c3ccc(F)cc3)cc12)S(C)(=O)=O. The molecule has 3 aromatic rings. The molecular formula is C22H24FN5O2S. The number of hydrogen-bond acceptors (Lipinski definition) is 5. The molecule has 4 rings (SSSR count). The highest BCUT2D eigenvalue weighted by Crippen LogP contribution is 2.34. The number of halogens is 1. The molecule has 2 N–H and O–H groups in total. The van der Waals surface area contributed by atoms with Crippen molar-refractivity contribution in [3.63, 3.8) is 0 Å². The fraction of sp³-hybridized carbons (Fsp3) is 0.364. The van der Waals surface area contributed by atoms with Crippen molar-refractivity contribution >= 4 is 26.7 Å². The summed E-state index contributed by atoms with van der Waals surface area (Å²) in [6.45, 7) is 0. The molecule has 0 spiro atoms. The van der Waals surface area contributed by atoms with E-state index in [1.54, 1.807) is 19.2 Å². The molecule has 1 unspecified atom stereocenters. The summed E-state index contributed by atoms with van der Waals surface area (Å²) in [7, 11) is -1.73. The zero-order valence-corrected chi connectivity index (χ0v) is 18.2. The molecule has 1 aromatic carbocycles. The minimum atomic E-state index is -3.34. The Morgan fingerprint density at radius 1 is 1.26 bits per heavy atom. The Balaban J connectivity index is 1.75. The molecule has 0 amide bonds. The first-order valence-electron chi connectivity index (χ1n) is 10.1. The number of pyridine rings is 1. The molecule has 7 nitrogen and oxygen atoms in total. The van der Waals surface area contributed by atoms with Crippen molar-refractivity contribution in [3.8, 4) is 17.3 Å². The maximum Gasteiger partial charge on any atom is 0.211 e. The van der Waals surface area contributed by atoms with Crippen molar-refractivity contribution in [3.05, 3.63) is 47.9 Å². The van der Waals surface area contributed by atoms with E-state index in [1.165, 1.54) is 28.9 Å². The molecule has 1 saturated carbocycles. The number of benzene rings is 1. The van der Waals surface area contributed by atoms with Gasteiger partial charge in [-0.05, 0) is 48.7 Å². The molecule has 31 heavy (non-hydrogen) atoms. The summed E-state index contributed by atoms with van der Waals surface area (Å²) >= 11 is 0. The lowest BCUT2D eigenvalue weighted by Gasteiger charge is -2.37. The van der Waals surface area contributed by atoms with Crippen LogP contribution < -0.4 is 5.32 Å². The molecule has 2 heterocycles. The second-order valence-electron chi connectivity index (χ2n) is 7.99. The van der Waals surface area contributed by atoms with Crippen LogP contribution in [-0.4, -0.2) is 48.1 Å². The number of aromatic nitrogens is 2. The summed E-state index contributed by atoms with van der Waals surface area (Å²) in [6.07, 6.45) is 6.22. The number of aromatic amines is 1. The van der Waals surface area contributed by atoms with Crippen LogP contribution in [0, 0.1) is 17.1 Å². The van der Waals surface area contributed by atoms with E-state index in [9.17, 15) is 18.1 Å². The first kappa shape index (κ1) is 21.3. The number of sulfonamides is 1. The number of rotatable bonds is 5. The summed E-state index contributed by atoms with van der Waals surface area (Å²) in [5.74, 6) is -0.314. The number of anilines is 1. The molecular weight excluding hydrogens is 417 g/mol. The van der Waals surface area contributed by atoms with E-state index < -0.39 is 10.0 Å². The third-order valence-electron chi connectivity index (χ3n) is 5.98. The molecule has 0 saturated heterocycles. The van der Waals surface area contributed by atoms with Crippen LogP contribution in [0.15, 0.2) is 36.5 Å². The Bertz CT molecular complexity index is 1250. The Hall–Kier alpha value is -2.96. The highest BCUT2D eigenvalue weighted by Gasteiger charge is 2.33. The second-order valence-corrected chi connectivity index (χ2v) is 10.0. The fourth-order valence-corrected chi connectivity index (χ4v) is 4.99. The number of nitrogens with zero attached hydrogens (tertiary/aromatic N) is 3. The molecule has 1 aliphatic carbocycles. The zero-order chi connectivity index (χ0) is 22.2. The summed E-state index contributed by atoms with van der Waals surface area (Å²) in [6, 6.07) is 9.88. The molecule has 1 aliphatic rings. The number of likely N-dealkylation sites (N-methyl/N-ethyl adjacent to an activating group) is 1. The van der Waals surface area contributed by atoms with Crippen LogP contribution in [0.2, 0.25) is 0 Å². The molecule has 2 atom stereocenters.